The summed E-state index contributed by atoms with van der Waals surface area (Å²) in [6.07, 6.45) is 1.84. The van der Waals surface area contributed by atoms with Crippen LogP contribution in [0.1, 0.15) is 24.8 Å². The average Bonchev–Trinajstić information content (AvgIpc) is 2.23. The van der Waals surface area contributed by atoms with Gasteiger partial charge < -0.3 is 5.73 Å². The molecule has 0 spiro atoms. The lowest BCUT2D eigenvalue weighted by atomic mass is 9.67. The van der Waals surface area contributed by atoms with Crippen LogP contribution >= 0.6 is 0 Å². The summed E-state index contributed by atoms with van der Waals surface area (Å²) in [7, 11) is -3.49. The van der Waals surface area contributed by atoms with E-state index in [1.54, 1.807) is 6.07 Å². The van der Waals surface area contributed by atoms with Crippen molar-refractivity contribution >= 4 is 9.84 Å². The molecule has 0 saturated heterocycles. The molecule has 3 unspecified atom stereocenters. The van der Waals surface area contributed by atoms with Gasteiger partial charge in [0.05, 0.1) is 0 Å². The molecule has 2 N–H and O–H groups in total. The van der Waals surface area contributed by atoms with Gasteiger partial charge in [0.2, 0.25) is 0 Å². The summed E-state index contributed by atoms with van der Waals surface area (Å²) in [4.78, 5) is -0.238. The SMILES string of the molecule is CC1C(N)CC1c1ccc(S(C)(=O)=O)c(F)c1. The zero-order chi connectivity index (χ0) is 12.8. The minimum Gasteiger partial charge on any atom is -0.327 e. The molecule has 5 heteroatoms. The Morgan fingerprint density at radius 1 is 1.41 bits per heavy atom. The van der Waals surface area contributed by atoms with Gasteiger partial charge in [-0.25, -0.2) is 12.8 Å². The van der Waals surface area contributed by atoms with E-state index in [1.807, 2.05) is 6.92 Å². The Kier molecular flexibility index (Phi) is 2.99. The van der Waals surface area contributed by atoms with Gasteiger partial charge in [-0.15, -0.1) is 0 Å². The fourth-order valence-electron chi connectivity index (χ4n) is 2.31. The Bertz CT molecular complexity index is 541. The standard InChI is InChI=1S/C12H16FNO2S/c1-7-9(6-11(7)14)8-3-4-12(10(13)5-8)17(2,15)16/h3-5,7,9,11H,6,14H2,1-2H3. The Labute approximate surface area is 101 Å². The molecular weight excluding hydrogens is 241 g/mol. The van der Waals surface area contributed by atoms with Crippen molar-refractivity contribution in [3.05, 3.63) is 29.6 Å². The minimum atomic E-state index is -3.49. The highest BCUT2D eigenvalue weighted by Gasteiger charge is 2.36. The molecular formula is C12H16FNO2S. The van der Waals surface area contributed by atoms with Crippen molar-refractivity contribution in [1.82, 2.24) is 0 Å². The largest absolute Gasteiger partial charge is 0.327 e. The number of benzene rings is 1. The molecule has 1 saturated carbocycles. The van der Waals surface area contributed by atoms with Gasteiger partial charge in [0.25, 0.3) is 0 Å². The number of hydrogen-bond acceptors (Lipinski definition) is 3. The molecule has 1 fully saturated rings. The second-order valence-electron chi connectivity index (χ2n) is 4.83. The first-order valence-corrected chi connectivity index (χ1v) is 7.45. The summed E-state index contributed by atoms with van der Waals surface area (Å²) in [5.41, 5.74) is 6.63. The molecule has 3 atom stereocenters. The third-order valence-electron chi connectivity index (χ3n) is 3.62. The van der Waals surface area contributed by atoms with Crippen molar-refractivity contribution in [3.8, 4) is 0 Å². The van der Waals surface area contributed by atoms with E-state index >= 15 is 0 Å². The number of hydrogen-bond donors (Lipinski definition) is 1. The first-order chi connectivity index (χ1) is 7.80. The molecule has 17 heavy (non-hydrogen) atoms. The molecule has 1 aromatic carbocycles. The highest BCUT2D eigenvalue weighted by molar-refractivity contribution is 7.90. The van der Waals surface area contributed by atoms with Crippen LogP contribution in [0.2, 0.25) is 0 Å². The first kappa shape index (κ1) is 12.5. The van der Waals surface area contributed by atoms with Crippen LogP contribution < -0.4 is 5.73 Å². The van der Waals surface area contributed by atoms with Gasteiger partial charge in [-0.1, -0.05) is 13.0 Å². The molecule has 2 rings (SSSR count). The van der Waals surface area contributed by atoms with E-state index in [0.717, 1.165) is 18.2 Å². The Balaban J connectivity index is 2.33. The van der Waals surface area contributed by atoms with Gasteiger partial charge in [0.15, 0.2) is 9.84 Å². The average molecular weight is 257 g/mol. The monoisotopic (exact) mass is 257 g/mol. The van der Waals surface area contributed by atoms with Crippen molar-refractivity contribution in [3.63, 3.8) is 0 Å². The predicted octanol–water partition coefficient (Wildman–Crippen LogP) is 1.68. The molecule has 1 aliphatic rings. The van der Waals surface area contributed by atoms with Crippen molar-refractivity contribution in [1.29, 1.82) is 0 Å². The maximum Gasteiger partial charge on any atom is 0.178 e. The summed E-state index contributed by atoms with van der Waals surface area (Å²) in [5, 5.41) is 0. The summed E-state index contributed by atoms with van der Waals surface area (Å²) in [6, 6.07) is 4.52. The Morgan fingerprint density at radius 2 is 2.06 bits per heavy atom. The zero-order valence-electron chi connectivity index (χ0n) is 9.85. The van der Waals surface area contributed by atoms with Crippen molar-refractivity contribution in [2.75, 3.05) is 6.26 Å². The van der Waals surface area contributed by atoms with E-state index in [9.17, 15) is 12.8 Å². The van der Waals surface area contributed by atoms with Gasteiger partial charge in [0.1, 0.15) is 10.7 Å². The molecule has 94 valence electrons. The molecule has 0 aromatic heterocycles. The lowest BCUT2D eigenvalue weighted by molar-refractivity contribution is 0.226. The summed E-state index contributed by atoms with van der Waals surface area (Å²) in [5.74, 6) is -0.107. The fourth-order valence-corrected chi connectivity index (χ4v) is 3.04. The van der Waals surface area contributed by atoms with Crippen LogP contribution in [-0.4, -0.2) is 20.7 Å². The Hall–Kier alpha value is -0.940. The van der Waals surface area contributed by atoms with Crippen molar-refractivity contribution in [2.24, 2.45) is 11.7 Å². The lowest BCUT2D eigenvalue weighted by Crippen LogP contribution is -2.44. The lowest BCUT2D eigenvalue weighted by Gasteiger charge is -2.40. The summed E-state index contributed by atoms with van der Waals surface area (Å²) >= 11 is 0. The normalized spacial score (nSPS) is 28.8. The topological polar surface area (TPSA) is 60.2 Å². The van der Waals surface area contributed by atoms with Crippen LogP contribution in [0, 0.1) is 11.7 Å². The highest BCUT2D eigenvalue weighted by Crippen LogP contribution is 2.41. The zero-order valence-corrected chi connectivity index (χ0v) is 10.7. The van der Waals surface area contributed by atoms with E-state index < -0.39 is 15.7 Å². The molecule has 0 bridgehead atoms. The van der Waals surface area contributed by atoms with Gasteiger partial charge in [-0.2, -0.15) is 0 Å². The number of halogens is 1. The first-order valence-electron chi connectivity index (χ1n) is 5.56. The molecule has 1 aromatic rings. The molecule has 1 aliphatic carbocycles. The van der Waals surface area contributed by atoms with Crippen LogP contribution in [0.4, 0.5) is 4.39 Å². The van der Waals surface area contributed by atoms with Crippen LogP contribution in [0.15, 0.2) is 23.1 Å². The molecule has 0 aliphatic heterocycles. The van der Waals surface area contributed by atoms with E-state index in [2.05, 4.69) is 0 Å². The van der Waals surface area contributed by atoms with Crippen molar-refractivity contribution < 1.29 is 12.8 Å². The van der Waals surface area contributed by atoms with E-state index in [0.29, 0.717) is 5.92 Å². The number of nitrogens with two attached hydrogens (primary N) is 1. The predicted molar refractivity (Wildman–Crippen MR) is 64.0 cm³/mol. The van der Waals surface area contributed by atoms with Crippen LogP contribution in [0.3, 0.4) is 0 Å². The van der Waals surface area contributed by atoms with Crippen LogP contribution in [-0.2, 0) is 9.84 Å². The number of rotatable bonds is 2. The second-order valence-corrected chi connectivity index (χ2v) is 6.81. The molecule has 3 nitrogen and oxygen atoms in total. The Morgan fingerprint density at radius 3 is 2.47 bits per heavy atom. The highest BCUT2D eigenvalue weighted by atomic mass is 32.2. The van der Waals surface area contributed by atoms with Crippen LogP contribution in [0.25, 0.3) is 0 Å². The van der Waals surface area contributed by atoms with Gasteiger partial charge in [-0.05, 0) is 36.0 Å². The third kappa shape index (κ3) is 2.21. The van der Waals surface area contributed by atoms with E-state index in [1.165, 1.54) is 12.1 Å². The molecule has 0 radical (unpaired) electrons. The smallest absolute Gasteiger partial charge is 0.178 e. The van der Waals surface area contributed by atoms with Crippen molar-refractivity contribution in [2.45, 2.75) is 30.2 Å². The quantitative estimate of drug-likeness (QED) is 0.877. The third-order valence-corrected chi connectivity index (χ3v) is 4.75. The van der Waals surface area contributed by atoms with E-state index in [4.69, 9.17) is 5.73 Å². The van der Waals surface area contributed by atoms with E-state index in [-0.39, 0.29) is 16.9 Å². The maximum atomic E-state index is 13.7. The summed E-state index contributed by atoms with van der Waals surface area (Å²) < 4.78 is 36.2. The number of sulfone groups is 1. The molecule has 0 amide bonds. The summed E-state index contributed by atoms with van der Waals surface area (Å²) in [6.45, 7) is 2.03. The van der Waals surface area contributed by atoms with Gasteiger partial charge in [0, 0.05) is 12.3 Å². The van der Waals surface area contributed by atoms with Gasteiger partial charge >= 0.3 is 0 Å². The second kappa shape index (κ2) is 4.07. The van der Waals surface area contributed by atoms with Crippen LogP contribution in [0.5, 0.6) is 0 Å². The maximum absolute atomic E-state index is 13.7. The fraction of sp³-hybridized carbons (Fsp3) is 0.500. The molecule has 0 heterocycles. The van der Waals surface area contributed by atoms with Gasteiger partial charge in [-0.3, -0.25) is 0 Å². The minimum absolute atomic E-state index is 0.164.